The SMILES string of the molecule is C=NC=P/C=C\C. The number of rotatable bonds is 2. The average Bonchev–Trinajstić information content (AvgIpc) is 1.69. The van der Waals surface area contributed by atoms with Gasteiger partial charge in [0, 0.05) is 0 Å². The maximum absolute atomic E-state index is 3.53. The minimum Gasteiger partial charge on any atom is -0.268 e. The Labute approximate surface area is 45.6 Å². The standard InChI is InChI=1S/C5H8NP/c1-3-4-7-5-6-2/h3-5H,2H2,1H3/b4-3-. The zero-order valence-electron chi connectivity index (χ0n) is 4.33. The molecule has 7 heavy (non-hydrogen) atoms. The number of nitrogens with zero attached hydrogens (tertiary/aromatic N) is 1. The lowest BCUT2D eigenvalue weighted by molar-refractivity contribution is 1.79. The molecular formula is C5H8NP. The Kier molecular flexibility index (Phi) is 5.25. The summed E-state index contributed by atoms with van der Waals surface area (Å²) < 4.78 is 0. The molecule has 0 aliphatic heterocycles. The first-order valence-corrected chi connectivity index (χ1v) is 3.03. The Morgan fingerprint density at radius 2 is 2.43 bits per heavy atom. The Morgan fingerprint density at radius 1 is 1.71 bits per heavy atom. The van der Waals surface area contributed by atoms with E-state index >= 15 is 0 Å². The van der Waals surface area contributed by atoms with Crippen molar-refractivity contribution >= 4 is 20.8 Å². The van der Waals surface area contributed by atoms with Crippen molar-refractivity contribution in [2.45, 2.75) is 6.92 Å². The Morgan fingerprint density at radius 3 is 2.86 bits per heavy atom. The zero-order chi connectivity index (χ0) is 5.54. The third kappa shape index (κ3) is 5.58. The maximum atomic E-state index is 3.53. The molecule has 0 spiro atoms. The first kappa shape index (κ1) is 6.58. The lowest BCUT2D eigenvalue weighted by atomic mass is 10.8. The molecule has 0 aliphatic rings. The highest BCUT2D eigenvalue weighted by Crippen LogP contribution is 1.93. The number of allylic oxidation sites excluding steroid dienone is 1. The third-order valence-corrected chi connectivity index (χ3v) is 1.15. The predicted molar refractivity (Wildman–Crippen MR) is 37.3 cm³/mol. The van der Waals surface area contributed by atoms with Crippen LogP contribution in [-0.4, -0.2) is 12.6 Å². The average molecular weight is 113 g/mol. The Balaban J connectivity index is 3.27. The molecule has 0 N–H and O–H groups in total. The van der Waals surface area contributed by atoms with Crippen LogP contribution in [0.1, 0.15) is 6.92 Å². The van der Waals surface area contributed by atoms with Crippen molar-refractivity contribution in [2.24, 2.45) is 4.99 Å². The van der Waals surface area contributed by atoms with Crippen molar-refractivity contribution < 1.29 is 0 Å². The highest BCUT2D eigenvalue weighted by Gasteiger charge is 1.53. The molecule has 0 bridgehead atoms. The molecular weight excluding hydrogens is 105 g/mol. The molecule has 0 aromatic carbocycles. The van der Waals surface area contributed by atoms with Crippen molar-refractivity contribution in [3.05, 3.63) is 11.9 Å². The van der Waals surface area contributed by atoms with Crippen LogP contribution in [0, 0.1) is 0 Å². The van der Waals surface area contributed by atoms with E-state index in [9.17, 15) is 0 Å². The van der Waals surface area contributed by atoms with Gasteiger partial charge < -0.3 is 0 Å². The molecule has 0 fully saturated rings. The van der Waals surface area contributed by atoms with Crippen LogP contribution in [0.3, 0.4) is 0 Å². The summed E-state index contributed by atoms with van der Waals surface area (Å²) in [5.74, 6) is 3.73. The fraction of sp³-hybridized carbons (Fsp3) is 0.200. The van der Waals surface area contributed by atoms with Crippen LogP contribution >= 0.6 is 8.20 Å². The van der Waals surface area contributed by atoms with Gasteiger partial charge in [0.1, 0.15) is 0 Å². The predicted octanol–water partition coefficient (Wildman–Crippen LogP) is 1.93. The van der Waals surface area contributed by atoms with Crippen molar-refractivity contribution in [1.82, 2.24) is 0 Å². The second-order valence-electron chi connectivity index (χ2n) is 0.930. The van der Waals surface area contributed by atoms with E-state index in [0.717, 1.165) is 8.20 Å². The largest absolute Gasteiger partial charge is 0.268 e. The second-order valence-corrected chi connectivity index (χ2v) is 1.76. The van der Waals surface area contributed by atoms with Gasteiger partial charge in [-0.25, -0.2) is 0 Å². The summed E-state index contributed by atoms with van der Waals surface area (Å²) in [6, 6.07) is 0. The van der Waals surface area contributed by atoms with Crippen LogP contribution in [-0.2, 0) is 0 Å². The molecule has 0 radical (unpaired) electrons. The highest BCUT2D eigenvalue weighted by molar-refractivity contribution is 7.41. The summed E-state index contributed by atoms with van der Waals surface area (Å²) in [5.41, 5.74) is 0. The summed E-state index contributed by atoms with van der Waals surface area (Å²) in [6.45, 7) is 5.26. The summed E-state index contributed by atoms with van der Waals surface area (Å²) in [7, 11) is 1.11. The molecule has 0 saturated heterocycles. The van der Waals surface area contributed by atoms with Gasteiger partial charge in [-0.3, -0.25) is 4.99 Å². The molecule has 1 nitrogen and oxygen atoms in total. The molecule has 0 atom stereocenters. The topological polar surface area (TPSA) is 12.4 Å². The quantitative estimate of drug-likeness (QED) is 0.383. The van der Waals surface area contributed by atoms with Crippen LogP contribution in [0.2, 0.25) is 0 Å². The molecule has 0 saturated carbocycles. The normalized spacial score (nSPS) is 11.0. The van der Waals surface area contributed by atoms with E-state index in [1.165, 1.54) is 0 Å². The van der Waals surface area contributed by atoms with Gasteiger partial charge in [0.2, 0.25) is 0 Å². The summed E-state index contributed by atoms with van der Waals surface area (Å²) in [5, 5.41) is 0. The molecule has 0 aromatic rings. The van der Waals surface area contributed by atoms with Crippen molar-refractivity contribution in [3.8, 4) is 0 Å². The van der Waals surface area contributed by atoms with Gasteiger partial charge in [-0.15, -0.1) is 0 Å². The van der Waals surface area contributed by atoms with Gasteiger partial charge in [0.05, 0.1) is 5.92 Å². The minimum absolute atomic E-state index is 1.11. The molecule has 38 valence electrons. The molecule has 0 amide bonds. The third-order valence-electron chi connectivity index (χ3n) is 0.383. The summed E-state index contributed by atoms with van der Waals surface area (Å²) in [4.78, 5) is 3.53. The highest BCUT2D eigenvalue weighted by atomic mass is 31.1. The van der Waals surface area contributed by atoms with Crippen LogP contribution in [0.25, 0.3) is 0 Å². The molecule has 0 unspecified atom stereocenters. The first-order valence-electron chi connectivity index (χ1n) is 2.00. The monoisotopic (exact) mass is 113 g/mol. The van der Waals surface area contributed by atoms with Crippen LogP contribution in [0.5, 0.6) is 0 Å². The van der Waals surface area contributed by atoms with E-state index in [1.807, 2.05) is 18.8 Å². The lowest BCUT2D eigenvalue weighted by Gasteiger charge is -1.64. The van der Waals surface area contributed by atoms with Gasteiger partial charge in [0.25, 0.3) is 0 Å². The van der Waals surface area contributed by atoms with Gasteiger partial charge in [-0.2, -0.15) is 0 Å². The fourth-order valence-electron chi connectivity index (χ4n) is 0.172. The fourth-order valence-corrected chi connectivity index (χ4v) is 0.515. The van der Waals surface area contributed by atoms with Gasteiger partial charge >= 0.3 is 0 Å². The van der Waals surface area contributed by atoms with Crippen molar-refractivity contribution in [1.29, 1.82) is 0 Å². The van der Waals surface area contributed by atoms with Crippen LogP contribution < -0.4 is 0 Å². The van der Waals surface area contributed by atoms with Crippen molar-refractivity contribution in [3.63, 3.8) is 0 Å². The molecule has 0 aromatic heterocycles. The van der Waals surface area contributed by atoms with Gasteiger partial charge in [-0.05, 0) is 19.5 Å². The van der Waals surface area contributed by atoms with Crippen molar-refractivity contribution in [2.75, 3.05) is 0 Å². The van der Waals surface area contributed by atoms with Crippen LogP contribution in [0.4, 0.5) is 0 Å². The molecule has 0 rings (SSSR count). The van der Waals surface area contributed by atoms with Gasteiger partial charge in [0.15, 0.2) is 0 Å². The van der Waals surface area contributed by atoms with Gasteiger partial charge in [-0.1, -0.05) is 14.3 Å². The first-order chi connectivity index (χ1) is 3.41. The van der Waals surface area contributed by atoms with E-state index in [1.54, 1.807) is 5.92 Å². The maximum Gasteiger partial charge on any atom is 0.0531 e. The Hall–Kier alpha value is -0.420. The van der Waals surface area contributed by atoms with E-state index in [-0.39, 0.29) is 0 Å². The van der Waals surface area contributed by atoms with Crippen LogP contribution in [0.15, 0.2) is 16.9 Å². The zero-order valence-corrected chi connectivity index (χ0v) is 5.23. The number of aliphatic imine (C=N–C) groups is 1. The molecule has 0 aliphatic carbocycles. The van der Waals surface area contributed by atoms with E-state index < -0.39 is 0 Å². The minimum atomic E-state index is 1.11. The summed E-state index contributed by atoms with van der Waals surface area (Å²) >= 11 is 0. The number of hydrogen-bond acceptors (Lipinski definition) is 0. The van der Waals surface area contributed by atoms with E-state index in [0.29, 0.717) is 0 Å². The second kappa shape index (κ2) is 5.58. The number of hydrogen-bond donors (Lipinski definition) is 0. The molecule has 2 heteroatoms. The summed E-state index contributed by atoms with van der Waals surface area (Å²) in [6.07, 6.45) is 1.98. The lowest BCUT2D eigenvalue weighted by Crippen LogP contribution is -1.46. The molecule has 0 heterocycles. The van der Waals surface area contributed by atoms with E-state index in [4.69, 9.17) is 0 Å². The smallest absolute Gasteiger partial charge is 0.0531 e. The van der Waals surface area contributed by atoms with E-state index in [2.05, 4.69) is 11.7 Å². The Bertz CT molecular complexity index is 94.3.